The van der Waals surface area contributed by atoms with E-state index in [-0.39, 0.29) is 38.2 Å². The molecule has 2 rings (SSSR count). The van der Waals surface area contributed by atoms with Crippen LogP contribution in [0.5, 0.6) is 0 Å². The molecule has 0 aliphatic heterocycles. The number of carbonyl (C=O) groups is 4. The van der Waals surface area contributed by atoms with Gasteiger partial charge in [0.05, 0.1) is 12.7 Å². The van der Waals surface area contributed by atoms with E-state index in [0.29, 0.717) is 17.7 Å². The Morgan fingerprint density at radius 3 is 2.46 bits per heavy atom. The third-order valence-electron chi connectivity index (χ3n) is 6.41. The Morgan fingerprint density at radius 2 is 1.79 bits per heavy atom. The fraction of sp³-hybridized carbons (Fsp3) is 0.571. The standard InChI is InChI=1S/C28H43N5O6/c1-19(2)25(33-24(35)18-39-22-9-6-4-3-5-7-10-22)27(37)32-23(11-8-16-30-28(29)38)26(36)31-21-14-12-20(17-34)13-15-21/h6,9,12-15,19,22-23,25,34H,3-5,7-8,10-11,16-18H2,1-2H3,(H,31,36)(H,32,37)(H,33,35)(H3,29,30,38)/b9-6-/t22?,23?,25-/m0/s1. The van der Waals surface area contributed by atoms with Gasteiger partial charge in [0.2, 0.25) is 17.7 Å². The fourth-order valence-corrected chi connectivity index (χ4v) is 4.17. The Hall–Kier alpha value is -3.44. The summed E-state index contributed by atoms with van der Waals surface area (Å²) in [6, 6.07) is 4.18. The van der Waals surface area contributed by atoms with Crippen molar-refractivity contribution in [3.05, 3.63) is 42.0 Å². The summed E-state index contributed by atoms with van der Waals surface area (Å²) in [6.45, 7) is 3.55. The van der Waals surface area contributed by atoms with Gasteiger partial charge in [-0.15, -0.1) is 0 Å². The molecule has 11 heteroatoms. The van der Waals surface area contributed by atoms with Crippen molar-refractivity contribution in [2.24, 2.45) is 11.7 Å². The van der Waals surface area contributed by atoms with Crippen LogP contribution in [-0.4, -0.2) is 60.2 Å². The second-order valence-corrected chi connectivity index (χ2v) is 10.0. The van der Waals surface area contributed by atoms with Crippen LogP contribution in [0.4, 0.5) is 10.5 Å². The molecule has 0 radical (unpaired) electrons. The monoisotopic (exact) mass is 545 g/mol. The number of rotatable bonds is 14. The van der Waals surface area contributed by atoms with Crippen LogP contribution < -0.4 is 27.0 Å². The van der Waals surface area contributed by atoms with Gasteiger partial charge >= 0.3 is 6.03 Å². The highest BCUT2D eigenvalue weighted by Gasteiger charge is 2.29. The van der Waals surface area contributed by atoms with E-state index in [4.69, 9.17) is 10.5 Å². The van der Waals surface area contributed by atoms with Crippen LogP contribution in [0.2, 0.25) is 0 Å². The number of nitrogens with one attached hydrogen (secondary N) is 4. The summed E-state index contributed by atoms with van der Waals surface area (Å²) in [5.74, 6) is -1.60. The summed E-state index contributed by atoms with van der Waals surface area (Å²) in [6.07, 6.45) is 9.73. The second kappa shape index (κ2) is 17.2. The Labute approximate surface area is 230 Å². The topological polar surface area (TPSA) is 172 Å². The van der Waals surface area contributed by atoms with E-state index in [9.17, 15) is 24.3 Å². The molecule has 7 N–H and O–H groups in total. The number of allylic oxidation sites excluding steroid dienone is 1. The largest absolute Gasteiger partial charge is 0.392 e. The molecular weight excluding hydrogens is 502 g/mol. The number of nitrogens with two attached hydrogens (primary N) is 1. The normalized spacial score (nSPS) is 17.7. The molecule has 39 heavy (non-hydrogen) atoms. The smallest absolute Gasteiger partial charge is 0.312 e. The Bertz CT molecular complexity index is 966. The van der Waals surface area contributed by atoms with Crippen molar-refractivity contribution in [3.8, 4) is 0 Å². The van der Waals surface area contributed by atoms with Gasteiger partial charge in [-0.2, -0.15) is 0 Å². The summed E-state index contributed by atoms with van der Waals surface area (Å²) in [7, 11) is 0. The average molecular weight is 546 g/mol. The summed E-state index contributed by atoms with van der Waals surface area (Å²) in [5.41, 5.74) is 6.31. The van der Waals surface area contributed by atoms with Gasteiger partial charge in [-0.05, 0) is 55.7 Å². The molecule has 0 aromatic heterocycles. The number of benzene rings is 1. The van der Waals surface area contributed by atoms with Crippen LogP contribution in [0.15, 0.2) is 36.4 Å². The summed E-state index contributed by atoms with van der Waals surface area (Å²) in [4.78, 5) is 50.0. The molecule has 1 aliphatic rings. The lowest BCUT2D eigenvalue weighted by Gasteiger charge is -2.26. The van der Waals surface area contributed by atoms with E-state index in [1.54, 1.807) is 38.1 Å². The maximum atomic E-state index is 13.2. The molecule has 5 amide bonds. The van der Waals surface area contributed by atoms with Gasteiger partial charge in [-0.25, -0.2) is 4.79 Å². The minimum Gasteiger partial charge on any atom is -0.392 e. The van der Waals surface area contributed by atoms with E-state index in [1.807, 2.05) is 6.08 Å². The highest BCUT2D eigenvalue weighted by Crippen LogP contribution is 2.15. The molecule has 0 saturated heterocycles. The first-order chi connectivity index (χ1) is 18.7. The lowest BCUT2D eigenvalue weighted by atomic mass is 10.0. The lowest BCUT2D eigenvalue weighted by Crippen LogP contribution is -2.55. The third kappa shape index (κ3) is 12.3. The first-order valence-electron chi connectivity index (χ1n) is 13.6. The molecule has 2 unspecified atom stereocenters. The minimum atomic E-state index is -0.931. The number of hydrogen-bond acceptors (Lipinski definition) is 6. The molecule has 1 aromatic carbocycles. The van der Waals surface area contributed by atoms with Gasteiger partial charge in [0.1, 0.15) is 18.7 Å². The number of ether oxygens (including phenoxy) is 1. The number of aliphatic hydroxyl groups excluding tert-OH is 1. The van der Waals surface area contributed by atoms with Crippen molar-refractivity contribution in [1.29, 1.82) is 0 Å². The highest BCUT2D eigenvalue weighted by molar-refractivity contribution is 5.98. The number of urea groups is 1. The Kier molecular flexibility index (Phi) is 14.0. The molecule has 3 atom stereocenters. The van der Waals surface area contributed by atoms with E-state index >= 15 is 0 Å². The van der Waals surface area contributed by atoms with Gasteiger partial charge in [0.25, 0.3) is 0 Å². The molecule has 0 bridgehead atoms. The van der Waals surface area contributed by atoms with Crippen molar-refractivity contribution in [2.45, 2.75) is 83.6 Å². The molecule has 11 nitrogen and oxygen atoms in total. The maximum absolute atomic E-state index is 13.2. The SMILES string of the molecule is CC(C)[C@H](NC(=O)COC1/C=C\CCCCC1)C(=O)NC(CCCNC(N)=O)C(=O)Nc1ccc(CO)cc1. The Balaban J connectivity index is 2.01. The van der Waals surface area contributed by atoms with Crippen LogP contribution >= 0.6 is 0 Å². The predicted octanol–water partition coefficient (Wildman–Crippen LogP) is 2.10. The molecule has 0 fully saturated rings. The zero-order valence-corrected chi connectivity index (χ0v) is 22.9. The summed E-state index contributed by atoms with van der Waals surface area (Å²) in [5, 5.41) is 19.9. The summed E-state index contributed by atoms with van der Waals surface area (Å²) < 4.78 is 5.77. The number of primary amides is 1. The van der Waals surface area contributed by atoms with Crippen LogP contribution in [0.25, 0.3) is 0 Å². The minimum absolute atomic E-state index is 0.121. The first-order valence-corrected chi connectivity index (χ1v) is 13.6. The number of carbonyl (C=O) groups excluding carboxylic acids is 4. The fourth-order valence-electron chi connectivity index (χ4n) is 4.17. The molecule has 1 aromatic rings. The van der Waals surface area contributed by atoms with Gasteiger partial charge in [-0.3, -0.25) is 14.4 Å². The van der Waals surface area contributed by atoms with Gasteiger partial charge in [-0.1, -0.05) is 51.0 Å². The van der Waals surface area contributed by atoms with Crippen LogP contribution in [0.1, 0.15) is 64.4 Å². The second-order valence-electron chi connectivity index (χ2n) is 10.0. The molecule has 216 valence electrons. The van der Waals surface area contributed by atoms with Crippen molar-refractivity contribution in [1.82, 2.24) is 16.0 Å². The molecule has 0 saturated carbocycles. The van der Waals surface area contributed by atoms with E-state index in [2.05, 4.69) is 27.3 Å². The van der Waals surface area contributed by atoms with Gasteiger partial charge in [0, 0.05) is 12.2 Å². The summed E-state index contributed by atoms with van der Waals surface area (Å²) >= 11 is 0. The molecule has 1 aliphatic carbocycles. The highest BCUT2D eigenvalue weighted by atomic mass is 16.5. The molecule has 0 heterocycles. The predicted molar refractivity (Wildman–Crippen MR) is 148 cm³/mol. The molecule has 0 spiro atoms. The quantitative estimate of drug-likeness (QED) is 0.154. The van der Waals surface area contributed by atoms with E-state index in [1.165, 1.54) is 0 Å². The number of amides is 5. The lowest BCUT2D eigenvalue weighted by molar-refractivity contribution is -0.134. The molecular formula is C28H43N5O6. The number of hydrogen-bond donors (Lipinski definition) is 6. The number of anilines is 1. The van der Waals surface area contributed by atoms with Crippen LogP contribution in [0.3, 0.4) is 0 Å². The van der Waals surface area contributed by atoms with E-state index in [0.717, 1.165) is 32.1 Å². The van der Waals surface area contributed by atoms with Gasteiger partial charge < -0.3 is 36.8 Å². The van der Waals surface area contributed by atoms with Crippen LogP contribution in [0, 0.1) is 5.92 Å². The zero-order valence-electron chi connectivity index (χ0n) is 22.9. The van der Waals surface area contributed by atoms with Gasteiger partial charge in [0.15, 0.2) is 0 Å². The maximum Gasteiger partial charge on any atom is 0.312 e. The van der Waals surface area contributed by atoms with Crippen molar-refractivity contribution in [2.75, 3.05) is 18.5 Å². The van der Waals surface area contributed by atoms with Crippen molar-refractivity contribution < 1.29 is 29.0 Å². The van der Waals surface area contributed by atoms with Crippen molar-refractivity contribution >= 4 is 29.4 Å². The Morgan fingerprint density at radius 1 is 1.05 bits per heavy atom. The van der Waals surface area contributed by atoms with Crippen molar-refractivity contribution in [3.63, 3.8) is 0 Å². The first kappa shape index (κ1) is 31.8. The number of aliphatic hydroxyl groups is 1. The van der Waals surface area contributed by atoms with E-state index < -0.39 is 35.8 Å². The zero-order chi connectivity index (χ0) is 28.6. The third-order valence-corrected chi connectivity index (χ3v) is 6.41. The van der Waals surface area contributed by atoms with Crippen LogP contribution in [-0.2, 0) is 25.7 Å². The average Bonchev–Trinajstić information content (AvgIpc) is 2.88.